The number of nitrogens with one attached hydrogen (secondary N) is 1. The maximum absolute atomic E-state index is 14.4. The van der Waals surface area contributed by atoms with Crippen molar-refractivity contribution in [2.24, 2.45) is 44.8 Å². The topological polar surface area (TPSA) is 86.7 Å². The molecule has 8 atom stereocenters. The Hall–Kier alpha value is -1.69. The summed E-state index contributed by atoms with van der Waals surface area (Å²) in [6.07, 6.45) is 9.70. The summed E-state index contributed by atoms with van der Waals surface area (Å²) in [6, 6.07) is 0. The third kappa shape index (κ3) is 3.49. The Morgan fingerprint density at radius 3 is 2.27 bits per heavy atom. The van der Waals surface area contributed by atoms with Crippen LogP contribution in [0.1, 0.15) is 106 Å². The molecule has 5 rings (SSSR count). The highest BCUT2D eigenvalue weighted by atomic mass is 16.5. The molecule has 0 spiro atoms. The molecule has 206 valence electrons. The quantitative estimate of drug-likeness (QED) is 0.349. The van der Waals surface area contributed by atoms with Crippen molar-refractivity contribution in [3.05, 3.63) is 11.6 Å². The molecule has 0 unspecified atom stereocenters. The van der Waals surface area contributed by atoms with Crippen LogP contribution in [-0.2, 0) is 14.4 Å². The Bertz CT molecular complexity index is 1080. The van der Waals surface area contributed by atoms with Gasteiger partial charge in [0.15, 0.2) is 5.78 Å². The Kier molecular flexibility index (Phi) is 5.76. The van der Waals surface area contributed by atoms with Crippen molar-refractivity contribution in [2.45, 2.75) is 112 Å². The largest absolute Gasteiger partial charge is 0.351 e. The van der Waals surface area contributed by atoms with Crippen molar-refractivity contribution in [1.29, 1.82) is 0 Å². The van der Waals surface area contributed by atoms with Crippen molar-refractivity contribution >= 4 is 17.6 Å². The van der Waals surface area contributed by atoms with E-state index in [2.05, 4.69) is 46.9 Å². The minimum absolute atomic E-state index is 0.0599. The van der Waals surface area contributed by atoms with Crippen molar-refractivity contribution < 1.29 is 19.6 Å². The van der Waals surface area contributed by atoms with E-state index in [1.165, 1.54) is 12.6 Å². The molecule has 1 heterocycles. The number of fused-ring (bicyclic) bond motifs is 7. The first kappa shape index (κ1) is 26.9. The van der Waals surface area contributed by atoms with Crippen LogP contribution < -0.4 is 5.32 Å². The highest BCUT2D eigenvalue weighted by molar-refractivity contribution is 5.96. The Labute approximate surface area is 223 Å². The lowest BCUT2D eigenvalue weighted by atomic mass is 9.35. The van der Waals surface area contributed by atoms with Crippen molar-refractivity contribution in [2.75, 3.05) is 7.05 Å². The fourth-order valence-corrected chi connectivity index (χ4v) is 10.6. The molecule has 1 saturated heterocycles. The van der Waals surface area contributed by atoms with Gasteiger partial charge in [-0.3, -0.25) is 19.6 Å². The van der Waals surface area contributed by atoms with Crippen LogP contribution in [0.3, 0.4) is 0 Å². The average molecular weight is 513 g/mol. The van der Waals surface area contributed by atoms with Crippen LogP contribution in [-0.4, -0.2) is 40.5 Å². The fourth-order valence-electron chi connectivity index (χ4n) is 10.6. The van der Waals surface area contributed by atoms with Crippen LogP contribution >= 0.6 is 0 Å². The van der Waals surface area contributed by atoms with Crippen LogP contribution in [0.15, 0.2) is 11.6 Å². The first-order chi connectivity index (χ1) is 16.9. The molecule has 2 amide bonds. The first-order valence-corrected chi connectivity index (χ1v) is 14.5. The van der Waals surface area contributed by atoms with E-state index in [0.717, 1.165) is 50.0 Å². The third-order valence-electron chi connectivity index (χ3n) is 12.9. The SMILES string of the molecule is CN(O)C(=O)[C@@]1(C)CC[C@]2(C)CC[C@]3(C)C(=CC(=O)[C@@H]4[C@@]5(C)CCC(=O)NC(C)(C)[C@@H]5CC[C@]43C)[C@@H]2C1. The smallest absolute Gasteiger partial charge is 0.251 e. The van der Waals surface area contributed by atoms with Crippen molar-refractivity contribution in [1.82, 2.24) is 10.4 Å². The lowest BCUT2D eigenvalue weighted by Gasteiger charge is -2.69. The van der Waals surface area contributed by atoms with Crippen molar-refractivity contribution in [3.63, 3.8) is 0 Å². The summed E-state index contributed by atoms with van der Waals surface area (Å²) < 4.78 is 0. The molecule has 1 aliphatic heterocycles. The summed E-state index contributed by atoms with van der Waals surface area (Å²) in [5.41, 5.74) is -0.246. The molecule has 0 aromatic carbocycles. The molecule has 0 aromatic heterocycles. The lowest BCUT2D eigenvalue weighted by molar-refractivity contribution is -0.180. The van der Waals surface area contributed by atoms with Crippen LogP contribution in [0.2, 0.25) is 0 Å². The monoisotopic (exact) mass is 512 g/mol. The summed E-state index contributed by atoms with van der Waals surface area (Å²) in [7, 11) is 1.42. The highest BCUT2D eigenvalue weighted by Crippen LogP contribution is 2.73. The van der Waals surface area contributed by atoms with E-state index in [4.69, 9.17) is 0 Å². The number of rotatable bonds is 1. The molecule has 2 N–H and O–H groups in total. The van der Waals surface area contributed by atoms with Gasteiger partial charge in [-0.15, -0.1) is 0 Å². The number of ketones is 1. The minimum Gasteiger partial charge on any atom is -0.351 e. The van der Waals surface area contributed by atoms with E-state index in [1.807, 2.05) is 13.0 Å². The molecule has 37 heavy (non-hydrogen) atoms. The number of amides is 2. The van der Waals surface area contributed by atoms with Crippen LogP contribution in [0.25, 0.3) is 0 Å². The predicted molar refractivity (Wildman–Crippen MR) is 142 cm³/mol. The molecule has 6 nitrogen and oxygen atoms in total. The van der Waals surface area contributed by atoms with Crippen LogP contribution in [0.5, 0.6) is 0 Å². The number of nitrogens with zero attached hydrogens (tertiary/aromatic N) is 1. The first-order valence-electron chi connectivity index (χ1n) is 14.5. The number of carbonyl (C=O) groups is 3. The third-order valence-corrected chi connectivity index (χ3v) is 12.9. The summed E-state index contributed by atoms with van der Waals surface area (Å²) >= 11 is 0. The zero-order chi connectivity index (χ0) is 27.4. The van der Waals surface area contributed by atoms with Crippen LogP contribution in [0, 0.1) is 44.8 Å². The average Bonchev–Trinajstić information content (AvgIpc) is 2.88. The molecular formula is C31H48N2O4. The molecule has 0 aromatic rings. The van der Waals surface area contributed by atoms with E-state index < -0.39 is 5.41 Å². The second kappa shape index (κ2) is 7.92. The molecule has 6 heteroatoms. The number of carbonyl (C=O) groups excluding carboxylic acids is 3. The van der Waals surface area contributed by atoms with E-state index >= 15 is 0 Å². The standard InChI is InChI=1S/C31H48N2O4/c1-26(2)22-9-12-31(7)24(29(22,5)11-10-23(35)32-26)21(34)17-19-20-18-28(4,25(36)33(8)37)14-13-27(20,3)15-16-30(19,31)6/h17,20,22,24,37H,9-16,18H2,1-8H3,(H,32,35)/t20-,22-,24+,27+,28-,29-,30+,31+/m0/s1. The Morgan fingerprint density at radius 1 is 0.973 bits per heavy atom. The van der Waals surface area contributed by atoms with Gasteiger partial charge in [0.1, 0.15) is 0 Å². The normalized spacial score (nSPS) is 48.8. The molecule has 5 aliphatic rings. The second-order valence-electron chi connectivity index (χ2n) is 15.4. The van der Waals surface area contributed by atoms with Gasteiger partial charge in [-0.2, -0.15) is 0 Å². The Balaban J connectivity index is 1.61. The Morgan fingerprint density at radius 2 is 1.62 bits per heavy atom. The number of hydrogen-bond acceptors (Lipinski definition) is 4. The van der Waals surface area contributed by atoms with E-state index in [9.17, 15) is 19.6 Å². The van der Waals surface area contributed by atoms with E-state index in [-0.39, 0.29) is 62.6 Å². The number of allylic oxidation sites excluding steroid dienone is 2. The lowest BCUT2D eigenvalue weighted by Crippen LogP contribution is -2.66. The summed E-state index contributed by atoms with van der Waals surface area (Å²) in [5, 5.41) is 14.1. The molecule has 4 aliphatic carbocycles. The zero-order valence-electron chi connectivity index (χ0n) is 24.3. The number of hydrogen-bond donors (Lipinski definition) is 2. The van der Waals surface area contributed by atoms with Gasteiger partial charge in [0.25, 0.3) is 5.91 Å². The molecule has 0 bridgehead atoms. The number of hydroxylamine groups is 2. The predicted octanol–water partition coefficient (Wildman–Crippen LogP) is 5.68. The van der Waals surface area contributed by atoms with Gasteiger partial charge < -0.3 is 5.32 Å². The summed E-state index contributed by atoms with van der Waals surface area (Å²) in [6.45, 7) is 15.7. The molecule has 0 radical (unpaired) electrons. The summed E-state index contributed by atoms with van der Waals surface area (Å²) in [4.78, 5) is 40.1. The van der Waals surface area contributed by atoms with E-state index in [0.29, 0.717) is 12.8 Å². The van der Waals surface area contributed by atoms with Gasteiger partial charge in [0, 0.05) is 30.3 Å². The van der Waals surface area contributed by atoms with Gasteiger partial charge in [0.2, 0.25) is 5.91 Å². The molecule has 3 saturated carbocycles. The highest BCUT2D eigenvalue weighted by Gasteiger charge is 2.69. The molecule has 4 fully saturated rings. The fraction of sp³-hybridized carbons (Fsp3) is 0.839. The maximum atomic E-state index is 14.4. The van der Waals surface area contributed by atoms with Gasteiger partial charge in [0.05, 0.1) is 0 Å². The molecular weight excluding hydrogens is 464 g/mol. The second-order valence-corrected chi connectivity index (χ2v) is 15.4. The zero-order valence-corrected chi connectivity index (χ0v) is 24.3. The summed E-state index contributed by atoms with van der Waals surface area (Å²) in [5.74, 6) is 0.381. The maximum Gasteiger partial charge on any atom is 0.251 e. The van der Waals surface area contributed by atoms with Gasteiger partial charge in [-0.1, -0.05) is 40.2 Å². The van der Waals surface area contributed by atoms with Crippen molar-refractivity contribution in [3.8, 4) is 0 Å². The van der Waals surface area contributed by atoms with Crippen LogP contribution in [0.4, 0.5) is 0 Å². The minimum atomic E-state index is -0.630. The van der Waals surface area contributed by atoms with Gasteiger partial charge in [-0.25, -0.2) is 5.06 Å². The van der Waals surface area contributed by atoms with Gasteiger partial charge in [-0.05, 0) is 105 Å². The van der Waals surface area contributed by atoms with Gasteiger partial charge >= 0.3 is 0 Å². The van der Waals surface area contributed by atoms with E-state index in [1.54, 1.807) is 0 Å².